The average molecular weight is 273 g/mol. The Morgan fingerprint density at radius 1 is 1.25 bits per heavy atom. The quantitative estimate of drug-likeness (QED) is 0.717. The molecule has 0 saturated carbocycles. The summed E-state index contributed by atoms with van der Waals surface area (Å²) in [5, 5.41) is 17.8. The highest BCUT2D eigenvalue weighted by Gasteiger charge is 2.30. The number of ether oxygens (including phenoxy) is 2. The lowest BCUT2D eigenvalue weighted by molar-refractivity contribution is -0.0281. The summed E-state index contributed by atoms with van der Waals surface area (Å²) in [4.78, 5) is 2.28. The molecule has 0 radical (unpaired) electrons. The Labute approximate surface area is 119 Å². The Hall–Kier alpha value is -1.82. The van der Waals surface area contributed by atoms with Crippen LogP contribution in [0.1, 0.15) is 20.3 Å². The predicted molar refractivity (Wildman–Crippen MR) is 73.4 cm³/mol. The van der Waals surface area contributed by atoms with Gasteiger partial charge in [-0.05, 0) is 25.5 Å². The number of hydrogen-bond donors (Lipinski definition) is 0. The third-order valence-corrected chi connectivity index (χ3v) is 3.53. The van der Waals surface area contributed by atoms with E-state index in [1.54, 1.807) is 6.08 Å². The topological polar surface area (TPSA) is 69.3 Å². The summed E-state index contributed by atoms with van der Waals surface area (Å²) in [7, 11) is 0. The van der Waals surface area contributed by atoms with Gasteiger partial charge in [-0.1, -0.05) is 0 Å². The van der Waals surface area contributed by atoms with Crippen LogP contribution in [0.5, 0.6) is 0 Å². The molecule has 0 aromatic carbocycles. The first-order valence-corrected chi connectivity index (χ1v) is 6.76. The van der Waals surface area contributed by atoms with Gasteiger partial charge >= 0.3 is 0 Å². The van der Waals surface area contributed by atoms with Gasteiger partial charge in [-0.3, -0.25) is 0 Å². The molecule has 2 rings (SSSR count). The minimum Gasteiger partial charge on any atom is -0.378 e. The number of rotatable bonds is 2. The smallest absolute Gasteiger partial charge is 0.130 e. The number of nitrogens with zero attached hydrogens (tertiary/aromatic N) is 3. The summed E-state index contributed by atoms with van der Waals surface area (Å²) in [5.74, 6) is 0. The van der Waals surface area contributed by atoms with Gasteiger partial charge in [-0.15, -0.1) is 0 Å². The van der Waals surface area contributed by atoms with Crippen molar-refractivity contribution in [3.63, 3.8) is 0 Å². The minimum atomic E-state index is -0.218. The van der Waals surface area contributed by atoms with Crippen molar-refractivity contribution in [1.82, 2.24) is 4.90 Å². The third kappa shape index (κ3) is 3.39. The van der Waals surface area contributed by atoms with Crippen LogP contribution in [0.3, 0.4) is 0 Å². The molecule has 0 atom stereocenters. The molecule has 0 bridgehead atoms. The van der Waals surface area contributed by atoms with Crippen LogP contribution < -0.4 is 0 Å². The molecule has 0 unspecified atom stereocenters. The van der Waals surface area contributed by atoms with Crippen LogP contribution in [0.4, 0.5) is 0 Å². The summed E-state index contributed by atoms with van der Waals surface area (Å²) in [6.07, 6.45) is 2.43. The molecule has 2 heterocycles. The largest absolute Gasteiger partial charge is 0.378 e. The van der Waals surface area contributed by atoms with E-state index in [1.807, 2.05) is 12.1 Å². The van der Waals surface area contributed by atoms with Crippen LogP contribution in [-0.4, -0.2) is 43.4 Å². The molecule has 0 aromatic rings. The van der Waals surface area contributed by atoms with Gasteiger partial charge in [0.25, 0.3) is 0 Å². The van der Waals surface area contributed by atoms with E-state index in [-0.39, 0.29) is 11.2 Å². The highest BCUT2D eigenvalue weighted by atomic mass is 16.5. The summed E-state index contributed by atoms with van der Waals surface area (Å²) in [6.45, 7) is 7.67. The maximum Gasteiger partial charge on any atom is 0.130 e. The lowest BCUT2D eigenvalue weighted by Crippen LogP contribution is -2.42. The van der Waals surface area contributed by atoms with Crippen molar-refractivity contribution >= 4 is 0 Å². The zero-order chi connectivity index (χ0) is 14.6. The Balaban J connectivity index is 2.35. The molecule has 0 amide bonds. The molecule has 0 spiro atoms. The molecule has 1 saturated heterocycles. The van der Waals surface area contributed by atoms with Crippen molar-refractivity contribution in [3.8, 4) is 12.1 Å². The van der Waals surface area contributed by atoms with Crippen molar-refractivity contribution in [2.24, 2.45) is 0 Å². The van der Waals surface area contributed by atoms with E-state index in [2.05, 4.69) is 18.7 Å². The minimum absolute atomic E-state index is 0.120. The summed E-state index contributed by atoms with van der Waals surface area (Å²) >= 11 is 0. The van der Waals surface area contributed by atoms with E-state index in [4.69, 9.17) is 20.0 Å². The molecule has 106 valence electrons. The summed E-state index contributed by atoms with van der Waals surface area (Å²) in [5.41, 5.74) is 2.01. The van der Waals surface area contributed by atoms with E-state index >= 15 is 0 Å². The zero-order valence-corrected chi connectivity index (χ0v) is 12.0. The lowest BCUT2D eigenvalue weighted by Gasteiger charge is -2.40. The van der Waals surface area contributed by atoms with Crippen molar-refractivity contribution in [3.05, 3.63) is 22.9 Å². The molecule has 5 heteroatoms. The molecule has 0 aliphatic carbocycles. The number of morpholine rings is 1. The van der Waals surface area contributed by atoms with E-state index < -0.39 is 0 Å². The van der Waals surface area contributed by atoms with E-state index in [9.17, 15) is 0 Å². The van der Waals surface area contributed by atoms with Gasteiger partial charge in [0.05, 0.1) is 25.4 Å². The van der Waals surface area contributed by atoms with Gasteiger partial charge in [0.15, 0.2) is 0 Å². The first kappa shape index (κ1) is 14.6. The van der Waals surface area contributed by atoms with E-state index in [0.29, 0.717) is 19.8 Å². The third-order valence-electron chi connectivity index (χ3n) is 3.53. The fraction of sp³-hybridized carbons (Fsp3) is 0.600. The van der Waals surface area contributed by atoms with Crippen molar-refractivity contribution in [1.29, 1.82) is 10.5 Å². The van der Waals surface area contributed by atoms with E-state index in [0.717, 1.165) is 25.1 Å². The predicted octanol–water partition coefficient (Wildman–Crippen LogP) is 1.75. The maximum atomic E-state index is 8.92. The van der Waals surface area contributed by atoms with Crippen LogP contribution >= 0.6 is 0 Å². The zero-order valence-electron chi connectivity index (χ0n) is 12.0. The molecule has 20 heavy (non-hydrogen) atoms. The van der Waals surface area contributed by atoms with Crippen LogP contribution in [-0.2, 0) is 9.47 Å². The van der Waals surface area contributed by atoms with Crippen molar-refractivity contribution in [2.45, 2.75) is 25.9 Å². The number of nitriles is 2. The molecule has 0 N–H and O–H groups in total. The van der Waals surface area contributed by atoms with Crippen molar-refractivity contribution < 1.29 is 9.47 Å². The van der Waals surface area contributed by atoms with Gasteiger partial charge in [-0.25, -0.2) is 0 Å². The van der Waals surface area contributed by atoms with Crippen LogP contribution in [0, 0.1) is 22.7 Å². The standard InChI is InChI=1S/C15H19N3O2/c1-15(2)8-14(18-3-5-19-6-4-18)13(11-20-15)7-12(9-16)10-17/h7H,3-6,8,11H2,1-2H3. The molecule has 2 aliphatic rings. The van der Waals surface area contributed by atoms with Gasteiger partial charge in [0, 0.05) is 25.2 Å². The monoisotopic (exact) mass is 273 g/mol. The fourth-order valence-electron chi connectivity index (χ4n) is 2.46. The lowest BCUT2D eigenvalue weighted by atomic mass is 9.94. The SMILES string of the molecule is CC1(C)CC(N2CCOCC2)=C(C=C(C#N)C#N)CO1. The highest BCUT2D eigenvalue weighted by molar-refractivity contribution is 5.43. The first-order chi connectivity index (χ1) is 9.55. The fourth-order valence-corrected chi connectivity index (χ4v) is 2.46. The first-order valence-electron chi connectivity index (χ1n) is 6.76. The number of allylic oxidation sites excluding steroid dienone is 1. The van der Waals surface area contributed by atoms with E-state index in [1.165, 1.54) is 5.70 Å². The normalized spacial score (nSPS) is 21.9. The maximum absolute atomic E-state index is 8.92. The Kier molecular flexibility index (Phi) is 4.44. The van der Waals surface area contributed by atoms with Gasteiger partial charge in [0.1, 0.15) is 17.7 Å². The Morgan fingerprint density at radius 2 is 1.90 bits per heavy atom. The average Bonchev–Trinajstić information content (AvgIpc) is 2.46. The molecule has 1 fully saturated rings. The Morgan fingerprint density at radius 3 is 2.50 bits per heavy atom. The summed E-state index contributed by atoms with van der Waals surface area (Å²) < 4.78 is 11.2. The molecular weight excluding hydrogens is 254 g/mol. The molecule has 5 nitrogen and oxygen atoms in total. The summed E-state index contributed by atoms with van der Waals surface area (Å²) in [6, 6.07) is 3.82. The van der Waals surface area contributed by atoms with Crippen LogP contribution in [0.25, 0.3) is 0 Å². The Bertz CT molecular complexity index is 498. The van der Waals surface area contributed by atoms with Crippen molar-refractivity contribution in [2.75, 3.05) is 32.9 Å². The highest BCUT2D eigenvalue weighted by Crippen LogP contribution is 2.32. The number of hydrogen-bond acceptors (Lipinski definition) is 5. The second-order valence-electron chi connectivity index (χ2n) is 5.58. The second kappa shape index (κ2) is 6.09. The molecule has 2 aliphatic heterocycles. The molecule has 0 aromatic heterocycles. The van der Waals surface area contributed by atoms with Crippen LogP contribution in [0.2, 0.25) is 0 Å². The van der Waals surface area contributed by atoms with Gasteiger partial charge in [-0.2, -0.15) is 10.5 Å². The molecular formula is C15H19N3O2. The van der Waals surface area contributed by atoms with Crippen LogP contribution in [0.15, 0.2) is 22.9 Å². The van der Waals surface area contributed by atoms with Gasteiger partial charge in [0.2, 0.25) is 0 Å². The van der Waals surface area contributed by atoms with Gasteiger partial charge < -0.3 is 14.4 Å². The second-order valence-corrected chi connectivity index (χ2v) is 5.58.